The molecule has 0 aliphatic rings. The molecule has 17 heavy (non-hydrogen) atoms. The average molecular weight is 335 g/mol. The Labute approximate surface area is 115 Å². The summed E-state index contributed by atoms with van der Waals surface area (Å²) in [7, 11) is 0. The van der Waals surface area contributed by atoms with E-state index in [1.165, 1.54) is 11.3 Å². The van der Waals surface area contributed by atoms with Crippen LogP contribution in [0.4, 0.5) is 0 Å². The molecule has 1 atom stereocenters. The largest absolute Gasteiger partial charge is 0.481 e. The number of benzene rings is 1. The minimum atomic E-state index is -0.911. The molecule has 3 N–H and O–H groups in total. The van der Waals surface area contributed by atoms with E-state index < -0.39 is 12.0 Å². The van der Waals surface area contributed by atoms with E-state index in [1.807, 2.05) is 12.1 Å². The topological polar surface area (TPSA) is 63.3 Å². The van der Waals surface area contributed by atoms with Gasteiger partial charge in [0.05, 0.1) is 10.2 Å². The first-order valence-electron chi connectivity index (χ1n) is 4.84. The van der Waals surface area contributed by atoms with Gasteiger partial charge in [0.15, 0.2) is 0 Å². The van der Waals surface area contributed by atoms with Crippen molar-refractivity contribution >= 4 is 54.9 Å². The molecule has 0 amide bonds. The van der Waals surface area contributed by atoms with Gasteiger partial charge in [-0.05, 0) is 39.5 Å². The molecule has 2 rings (SSSR count). The molecule has 0 radical (unpaired) electrons. The molecular formula is C11H9BrClNO2S. The second kappa shape index (κ2) is 4.94. The number of hydrogen-bond donors (Lipinski definition) is 2. The minimum Gasteiger partial charge on any atom is -0.481 e. The molecule has 0 aliphatic carbocycles. The van der Waals surface area contributed by atoms with Gasteiger partial charge in [-0.25, -0.2) is 0 Å². The summed E-state index contributed by atoms with van der Waals surface area (Å²) in [5, 5.41) is 10.3. The first kappa shape index (κ1) is 12.8. The Hall–Kier alpha value is -0.620. The van der Waals surface area contributed by atoms with Crippen LogP contribution >= 0.6 is 38.9 Å². The Morgan fingerprint density at radius 3 is 2.94 bits per heavy atom. The van der Waals surface area contributed by atoms with Crippen LogP contribution < -0.4 is 5.73 Å². The van der Waals surface area contributed by atoms with Gasteiger partial charge in [-0.15, -0.1) is 11.3 Å². The van der Waals surface area contributed by atoms with Gasteiger partial charge < -0.3 is 10.8 Å². The summed E-state index contributed by atoms with van der Waals surface area (Å²) in [5.74, 6) is -0.911. The molecule has 0 bridgehead atoms. The predicted octanol–water partition coefficient (Wildman–Crippen LogP) is 3.79. The number of rotatable bonds is 3. The number of carboxylic acid groups (broad SMARTS) is 1. The van der Waals surface area contributed by atoms with Crippen LogP contribution in [0.25, 0.3) is 10.1 Å². The number of aliphatic carboxylic acids is 1. The summed E-state index contributed by atoms with van der Waals surface area (Å²) in [4.78, 5) is 10.7. The van der Waals surface area contributed by atoms with Gasteiger partial charge in [0.1, 0.15) is 0 Å². The summed E-state index contributed by atoms with van der Waals surface area (Å²) in [5.41, 5.74) is 6.72. The fourth-order valence-corrected chi connectivity index (χ4v) is 3.88. The van der Waals surface area contributed by atoms with Crippen LogP contribution in [-0.4, -0.2) is 11.1 Å². The molecule has 1 heterocycles. The highest BCUT2D eigenvalue weighted by atomic mass is 79.9. The van der Waals surface area contributed by atoms with E-state index >= 15 is 0 Å². The Morgan fingerprint density at radius 2 is 2.29 bits per heavy atom. The Balaban J connectivity index is 2.55. The first-order valence-corrected chi connectivity index (χ1v) is 6.82. The SMILES string of the molecule is NC(CC(=O)O)c1c(Br)sc2ccc(Cl)cc12. The second-order valence-electron chi connectivity index (χ2n) is 3.63. The fourth-order valence-electron chi connectivity index (χ4n) is 1.69. The van der Waals surface area contributed by atoms with E-state index in [0.717, 1.165) is 19.4 Å². The molecule has 3 nitrogen and oxygen atoms in total. The Kier molecular flexibility index (Phi) is 3.73. The molecule has 6 heteroatoms. The van der Waals surface area contributed by atoms with E-state index in [0.29, 0.717) is 5.02 Å². The van der Waals surface area contributed by atoms with Crippen LogP contribution in [-0.2, 0) is 4.79 Å². The molecule has 1 unspecified atom stereocenters. The zero-order valence-electron chi connectivity index (χ0n) is 8.61. The van der Waals surface area contributed by atoms with Crippen molar-refractivity contribution < 1.29 is 9.90 Å². The van der Waals surface area contributed by atoms with E-state index in [2.05, 4.69) is 15.9 Å². The van der Waals surface area contributed by atoms with Gasteiger partial charge in [0.25, 0.3) is 0 Å². The van der Waals surface area contributed by atoms with Crippen molar-refractivity contribution in [1.82, 2.24) is 0 Å². The first-order chi connectivity index (χ1) is 7.99. The summed E-state index contributed by atoms with van der Waals surface area (Å²) < 4.78 is 1.90. The van der Waals surface area contributed by atoms with Gasteiger partial charge in [0, 0.05) is 21.3 Å². The number of halogens is 2. The maximum absolute atomic E-state index is 10.7. The number of hydrogen-bond acceptors (Lipinski definition) is 3. The lowest BCUT2D eigenvalue weighted by Gasteiger charge is -2.09. The Bertz CT molecular complexity index is 584. The zero-order valence-corrected chi connectivity index (χ0v) is 11.8. The van der Waals surface area contributed by atoms with Crippen LogP contribution in [0.5, 0.6) is 0 Å². The highest BCUT2D eigenvalue weighted by Gasteiger charge is 2.19. The standard InChI is InChI=1S/C11H9BrClNO2S/c12-11-10(7(14)4-9(15)16)6-3-5(13)1-2-8(6)17-11/h1-3,7H,4,14H2,(H,15,16). The van der Waals surface area contributed by atoms with Crippen molar-refractivity contribution in [3.05, 3.63) is 32.6 Å². The monoisotopic (exact) mass is 333 g/mol. The number of nitrogens with two attached hydrogens (primary N) is 1. The van der Waals surface area contributed by atoms with Crippen LogP contribution in [0.15, 0.2) is 22.0 Å². The lowest BCUT2D eigenvalue weighted by Crippen LogP contribution is -2.14. The van der Waals surface area contributed by atoms with Crippen LogP contribution in [0.2, 0.25) is 5.02 Å². The van der Waals surface area contributed by atoms with Crippen molar-refractivity contribution in [2.24, 2.45) is 5.73 Å². The predicted molar refractivity (Wildman–Crippen MR) is 73.7 cm³/mol. The molecule has 0 spiro atoms. The second-order valence-corrected chi connectivity index (χ2v) is 6.44. The average Bonchev–Trinajstić information content (AvgIpc) is 2.52. The molecule has 0 saturated carbocycles. The quantitative estimate of drug-likeness (QED) is 0.897. The lowest BCUT2D eigenvalue weighted by atomic mass is 10.0. The van der Waals surface area contributed by atoms with Crippen LogP contribution in [0, 0.1) is 0 Å². The maximum Gasteiger partial charge on any atom is 0.305 e. The molecule has 1 aromatic carbocycles. The van der Waals surface area contributed by atoms with E-state index in [4.69, 9.17) is 22.4 Å². The van der Waals surface area contributed by atoms with Crippen molar-refractivity contribution in [2.75, 3.05) is 0 Å². The third-order valence-electron chi connectivity index (χ3n) is 2.41. The van der Waals surface area contributed by atoms with E-state index in [-0.39, 0.29) is 6.42 Å². The minimum absolute atomic E-state index is 0.100. The number of fused-ring (bicyclic) bond motifs is 1. The third-order valence-corrected chi connectivity index (χ3v) is 4.53. The van der Waals surface area contributed by atoms with Gasteiger partial charge >= 0.3 is 5.97 Å². The molecule has 90 valence electrons. The number of thiophene rings is 1. The van der Waals surface area contributed by atoms with Crippen molar-refractivity contribution in [3.8, 4) is 0 Å². The van der Waals surface area contributed by atoms with Crippen LogP contribution in [0.1, 0.15) is 18.0 Å². The normalized spacial score (nSPS) is 12.9. The molecule has 0 saturated heterocycles. The smallest absolute Gasteiger partial charge is 0.305 e. The molecule has 0 fully saturated rings. The number of carbonyl (C=O) groups is 1. The van der Waals surface area contributed by atoms with E-state index in [9.17, 15) is 4.79 Å². The highest BCUT2D eigenvalue weighted by molar-refractivity contribution is 9.11. The summed E-state index contributed by atoms with van der Waals surface area (Å²) in [6.45, 7) is 0. The highest BCUT2D eigenvalue weighted by Crippen LogP contribution is 2.40. The van der Waals surface area contributed by atoms with Crippen LogP contribution in [0.3, 0.4) is 0 Å². The van der Waals surface area contributed by atoms with Gasteiger partial charge in [-0.3, -0.25) is 4.79 Å². The lowest BCUT2D eigenvalue weighted by molar-refractivity contribution is -0.137. The maximum atomic E-state index is 10.7. The molecule has 0 aliphatic heterocycles. The summed E-state index contributed by atoms with van der Waals surface area (Å²) in [6.07, 6.45) is -0.100. The van der Waals surface area contributed by atoms with Gasteiger partial charge in [-0.1, -0.05) is 11.6 Å². The third kappa shape index (κ3) is 2.63. The molecule has 1 aromatic heterocycles. The van der Waals surface area contributed by atoms with Gasteiger partial charge in [-0.2, -0.15) is 0 Å². The number of carboxylic acids is 1. The summed E-state index contributed by atoms with van der Waals surface area (Å²) >= 11 is 10.9. The van der Waals surface area contributed by atoms with E-state index in [1.54, 1.807) is 6.07 Å². The molecular weight excluding hydrogens is 326 g/mol. The fraction of sp³-hybridized carbons (Fsp3) is 0.182. The van der Waals surface area contributed by atoms with Crippen molar-refractivity contribution in [3.63, 3.8) is 0 Å². The van der Waals surface area contributed by atoms with Crippen molar-refractivity contribution in [2.45, 2.75) is 12.5 Å². The molecule has 2 aromatic rings. The van der Waals surface area contributed by atoms with Gasteiger partial charge in [0.2, 0.25) is 0 Å². The summed E-state index contributed by atoms with van der Waals surface area (Å²) in [6, 6.07) is 4.99. The Morgan fingerprint density at radius 1 is 1.59 bits per heavy atom. The van der Waals surface area contributed by atoms with Crippen molar-refractivity contribution in [1.29, 1.82) is 0 Å². The zero-order chi connectivity index (χ0) is 12.6.